The maximum Gasteiger partial charge on any atom is 0.269 e. The van der Waals surface area contributed by atoms with Crippen LogP contribution in [0.2, 0.25) is 5.02 Å². The van der Waals surface area contributed by atoms with E-state index in [1.54, 1.807) is 27.3 Å². The molecule has 0 atom stereocenters. The van der Waals surface area contributed by atoms with Crippen LogP contribution in [0.4, 0.5) is 5.69 Å². The summed E-state index contributed by atoms with van der Waals surface area (Å²) in [4.78, 5) is 24.4. The van der Waals surface area contributed by atoms with E-state index in [1.165, 1.54) is 23.1 Å². The lowest BCUT2D eigenvalue weighted by Crippen LogP contribution is -2.26. The summed E-state index contributed by atoms with van der Waals surface area (Å²) in [7, 11) is 4.78. The van der Waals surface area contributed by atoms with E-state index in [0.29, 0.717) is 28.5 Å². The van der Waals surface area contributed by atoms with Crippen molar-refractivity contribution < 1.29 is 19.2 Å². The molecule has 7 nitrogen and oxygen atoms in total. The minimum absolute atomic E-state index is 0.0567. The van der Waals surface area contributed by atoms with Crippen LogP contribution in [0.3, 0.4) is 0 Å². The average molecular weight is 393 g/mol. The highest BCUT2D eigenvalue weighted by molar-refractivity contribution is 6.31. The summed E-state index contributed by atoms with van der Waals surface area (Å²) in [5.74, 6) is 1.22. The Hall–Kier alpha value is -2.80. The first-order chi connectivity index (χ1) is 12.8. The Morgan fingerprint density at radius 2 is 1.78 bits per heavy atom. The van der Waals surface area contributed by atoms with Gasteiger partial charge >= 0.3 is 0 Å². The number of carbonyl (C=O) groups excluding carboxylic acids is 1. The Balaban J connectivity index is 2.02. The number of methoxy groups -OCH3 is 2. The quantitative estimate of drug-likeness (QED) is 0.503. The fourth-order valence-electron chi connectivity index (χ4n) is 2.59. The van der Waals surface area contributed by atoms with Crippen molar-refractivity contribution in [3.05, 3.63) is 62.7 Å². The average Bonchev–Trinajstić information content (AvgIpc) is 2.66. The van der Waals surface area contributed by atoms with Crippen LogP contribution >= 0.6 is 11.6 Å². The third kappa shape index (κ3) is 5.59. The highest BCUT2D eigenvalue weighted by atomic mass is 35.5. The van der Waals surface area contributed by atoms with Crippen molar-refractivity contribution in [3.63, 3.8) is 0 Å². The normalized spacial score (nSPS) is 10.4. The Labute approximate surface area is 162 Å². The van der Waals surface area contributed by atoms with Crippen molar-refractivity contribution in [1.29, 1.82) is 0 Å². The number of carbonyl (C=O) groups is 1. The molecule has 0 aliphatic rings. The number of nitro groups is 1. The number of benzene rings is 2. The molecular weight excluding hydrogens is 372 g/mol. The van der Waals surface area contributed by atoms with Gasteiger partial charge in [0.25, 0.3) is 5.69 Å². The van der Waals surface area contributed by atoms with Crippen LogP contribution in [-0.2, 0) is 17.8 Å². The van der Waals surface area contributed by atoms with Crippen molar-refractivity contribution in [2.45, 2.75) is 19.4 Å². The maximum atomic E-state index is 12.4. The zero-order chi connectivity index (χ0) is 20.0. The van der Waals surface area contributed by atoms with Crippen LogP contribution in [0, 0.1) is 10.1 Å². The van der Waals surface area contributed by atoms with Gasteiger partial charge in [0.15, 0.2) is 0 Å². The second-order valence-electron chi connectivity index (χ2n) is 6.00. The van der Waals surface area contributed by atoms with E-state index >= 15 is 0 Å². The van der Waals surface area contributed by atoms with E-state index in [1.807, 2.05) is 12.1 Å². The molecule has 0 saturated heterocycles. The molecule has 0 aromatic heterocycles. The zero-order valence-electron chi connectivity index (χ0n) is 15.4. The molecule has 0 heterocycles. The van der Waals surface area contributed by atoms with Crippen LogP contribution in [-0.4, -0.2) is 37.0 Å². The van der Waals surface area contributed by atoms with Crippen molar-refractivity contribution in [1.82, 2.24) is 4.90 Å². The van der Waals surface area contributed by atoms with Gasteiger partial charge in [-0.25, -0.2) is 0 Å². The summed E-state index contributed by atoms with van der Waals surface area (Å²) in [6, 6.07) is 9.67. The van der Waals surface area contributed by atoms with Gasteiger partial charge in [-0.2, -0.15) is 0 Å². The lowest BCUT2D eigenvalue weighted by atomic mass is 10.1. The van der Waals surface area contributed by atoms with E-state index in [4.69, 9.17) is 21.1 Å². The zero-order valence-corrected chi connectivity index (χ0v) is 16.2. The van der Waals surface area contributed by atoms with Gasteiger partial charge in [0.1, 0.15) is 11.5 Å². The number of hydrogen-bond acceptors (Lipinski definition) is 5. The summed E-state index contributed by atoms with van der Waals surface area (Å²) in [5, 5.41) is 11.3. The van der Waals surface area contributed by atoms with Gasteiger partial charge in [-0.15, -0.1) is 0 Å². The topological polar surface area (TPSA) is 81.9 Å². The molecule has 1 amide bonds. The fraction of sp³-hybridized carbons (Fsp3) is 0.316. The molecule has 0 unspecified atom stereocenters. The number of ether oxygens (including phenoxy) is 2. The molecule has 27 heavy (non-hydrogen) atoms. The van der Waals surface area contributed by atoms with Crippen LogP contribution in [0.25, 0.3) is 0 Å². The van der Waals surface area contributed by atoms with Crippen LogP contribution < -0.4 is 9.47 Å². The maximum absolute atomic E-state index is 12.4. The molecule has 0 bridgehead atoms. The number of amides is 1. The van der Waals surface area contributed by atoms with Crippen molar-refractivity contribution in [2.75, 3.05) is 21.3 Å². The van der Waals surface area contributed by atoms with Gasteiger partial charge in [0.2, 0.25) is 5.91 Å². The molecule has 144 valence electrons. The van der Waals surface area contributed by atoms with E-state index < -0.39 is 4.92 Å². The van der Waals surface area contributed by atoms with E-state index in [2.05, 4.69) is 0 Å². The van der Waals surface area contributed by atoms with Crippen molar-refractivity contribution in [2.24, 2.45) is 0 Å². The summed E-state index contributed by atoms with van der Waals surface area (Å²) >= 11 is 6.10. The fourth-order valence-corrected chi connectivity index (χ4v) is 2.77. The summed E-state index contributed by atoms with van der Waals surface area (Å²) < 4.78 is 10.5. The molecule has 0 fully saturated rings. The lowest BCUT2D eigenvalue weighted by Gasteiger charge is -2.18. The third-order valence-corrected chi connectivity index (χ3v) is 4.48. The van der Waals surface area contributed by atoms with Crippen molar-refractivity contribution >= 4 is 23.2 Å². The smallest absolute Gasteiger partial charge is 0.269 e. The first-order valence-corrected chi connectivity index (χ1v) is 8.60. The van der Waals surface area contributed by atoms with E-state index in [0.717, 1.165) is 5.56 Å². The number of halogens is 1. The standard InChI is InChI=1S/C19H21ClN2O5/c1-21(12-14-10-15(22(24)25)5-6-18(14)20)19(23)7-4-13-8-16(26-2)11-17(9-13)27-3/h5-6,8-11H,4,7,12H2,1-3H3. The highest BCUT2D eigenvalue weighted by Crippen LogP contribution is 2.25. The van der Waals surface area contributed by atoms with Gasteiger partial charge < -0.3 is 14.4 Å². The van der Waals surface area contributed by atoms with Gasteiger partial charge in [0.05, 0.1) is 19.1 Å². The van der Waals surface area contributed by atoms with Gasteiger partial charge in [-0.1, -0.05) is 11.6 Å². The Kier molecular flexibility index (Phi) is 7.01. The number of nitrogens with zero attached hydrogens (tertiary/aromatic N) is 2. The predicted molar refractivity (Wildman–Crippen MR) is 102 cm³/mol. The number of hydrogen-bond donors (Lipinski definition) is 0. The van der Waals surface area contributed by atoms with Gasteiger partial charge in [-0.05, 0) is 35.7 Å². The minimum atomic E-state index is -0.488. The van der Waals surface area contributed by atoms with Gasteiger partial charge in [0, 0.05) is 43.2 Å². The van der Waals surface area contributed by atoms with Crippen LogP contribution in [0.5, 0.6) is 11.5 Å². The molecule has 0 spiro atoms. The molecule has 0 aliphatic heterocycles. The SMILES string of the molecule is COc1cc(CCC(=O)N(C)Cc2cc([N+](=O)[O-])ccc2Cl)cc(OC)c1. The molecule has 2 aromatic carbocycles. The lowest BCUT2D eigenvalue weighted by molar-refractivity contribution is -0.384. The van der Waals surface area contributed by atoms with E-state index in [9.17, 15) is 14.9 Å². The molecule has 8 heteroatoms. The number of non-ortho nitro benzene ring substituents is 1. The van der Waals surface area contributed by atoms with E-state index in [-0.39, 0.29) is 24.6 Å². The molecule has 0 radical (unpaired) electrons. The Morgan fingerprint density at radius 3 is 2.33 bits per heavy atom. The van der Waals surface area contributed by atoms with Crippen molar-refractivity contribution in [3.8, 4) is 11.5 Å². The molecule has 0 N–H and O–H groups in total. The van der Waals surface area contributed by atoms with Crippen LogP contribution in [0.1, 0.15) is 17.5 Å². The van der Waals surface area contributed by atoms with Gasteiger partial charge in [-0.3, -0.25) is 14.9 Å². The second kappa shape index (κ2) is 9.23. The summed E-state index contributed by atoms with van der Waals surface area (Å²) in [6.07, 6.45) is 0.790. The molecular formula is C19H21ClN2O5. The highest BCUT2D eigenvalue weighted by Gasteiger charge is 2.15. The number of rotatable bonds is 8. The summed E-state index contributed by atoms with van der Waals surface area (Å²) in [6.45, 7) is 0.195. The number of aryl methyl sites for hydroxylation is 1. The predicted octanol–water partition coefficient (Wildman–Crippen LogP) is 3.86. The number of nitro benzene ring substituents is 1. The van der Waals surface area contributed by atoms with Crippen LogP contribution in [0.15, 0.2) is 36.4 Å². The second-order valence-corrected chi connectivity index (χ2v) is 6.41. The third-order valence-electron chi connectivity index (χ3n) is 4.11. The summed E-state index contributed by atoms with van der Waals surface area (Å²) in [5.41, 5.74) is 1.39. The molecule has 0 aliphatic carbocycles. The first-order valence-electron chi connectivity index (χ1n) is 8.22. The first kappa shape index (κ1) is 20.5. The largest absolute Gasteiger partial charge is 0.497 e. The Morgan fingerprint density at radius 1 is 1.15 bits per heavy atom. The monoisotopic (exact) mass is 392 g/mol. The Bertz CT molecular complexity index is 819. The minimum Gasteiger partial charge on any atom is -0.497 e. The molecule has 2 aromatic rings. The molecule has 2 rings (SSSR count). The molecule has 0 saturated carbocycles.